The van der Waals surface area contributed by atoms with Gasteiger partial charge in [0.1, 0.15) is 17.4 Å². The zero-order valence-electron chi connectivity index (χ0n) is 14.2. The van der Waals surface area contributed by atoms with Gasteiger partial charge < -0.3 is 14.1 Å². The molecule has 4 rings (SSSR count). The molecule has 1 aliphatic heterocycles. The first kappa shape index (κ1) is 16.9. The number of thioether (sulfide) groups is 1. The highest BCUT2D eigenvalue weighted by Gasteiger charge is 2.24. The average molecular weight is 369 g/mol. The molecule has 3 aromatic rings. The zero-order chi connectivity index (χ0) is 17.8. The van der Waals surface area contributed by atoms with Crippen LogP contribution in [0.4, 0.5) is 0 Å². The second-order valence-corrected chi connectivity index (χ2v) is 7.05. The van der Waals surface area contributed by atoms with E-state index in [1.165, 1.54) is 11.8 Å². The number of para-hydroxylation sites is 2. The summed E-state index contributed by atoms with van der Waals surface area (Å²) in [6.07, 6.45) is 5.23. The highest BCUT2D eigenvalue weighted by atomic mass is 32.2. The Morgan fingerprint density at radius 3 is 2.85 bits per heavy atom. The Balaban J connectivity index is 1.25. The summed E-state index contributed by atoms with van der Waals surface area (Å²) in [7, 11) is 0. The summed E-state index contributed by atoms with van der Waals surface area (Å²) in [6, 6.07) is 11.4. The standard InChI is InChI=1S/C19H19N3O3S/c23-18(13-26-19-21-16-5-1-2-6-17(16)25-19)22-10-7-14(8-11-22)24-15-4-3-9-20-12-15/h1-6,9,12,14H,7-8,10-11,13H2. The molecule has 26 heavy (non-hydrogen) atoms. The van der Waals surface area contributed by atoms with E-state index in [2.05, 4.69) is 9.97 Å². The van der Waals surface area contributed by atoms with Crippen molar-refractivity contribution in [1.29, 1.82) is 0 Å². The number of amides is 1. The summed E-state index contributed by atoms with van der Waals surface area (Å²) in [4.78, 5) is 22.8. The molecule has 0 aliphatic carbocycles. The van der Waals surface area contributed by atoms with Gasteiger partial charge in [0.2, 0.25) is 5.91 Å². The number of hydrogen-bond donors (Lipinski definition) is 0. The van der Waals surface area contributed by atoms with Gasteiger partial charge in [-0.1, -0.05) is 23.9 Å². The topological polar surface area (TPSA) is 68.5 Å². The van der Waals surface area contributed by atoms with Gasteiger partial charge in [-0.3, -0.25) is 9.78 Å². The lowest BCUT2D eigenvalue weighted by molar-refractivity contribution is -0.130. The molecule has 0 radical (unpaired) electrons. The van der Waals surface area contributed by atoms with E-state index in [0.717, 1.165) is 29.7 Å². The molecule has 1 aliphatic rings. The molecule has 1 saturated heterocycles. The number of nitrogens with zero attached hydrogens (tertiary/aromatic N) is 3. The number of benzene rings is 1. The molecule has 6 nitrogen and oxygen atoms in total. The van der Waals surface area contributed by atoms with E-state index in [4.69, 9.17) is 9.15 Å². The number of oxazole rings is 1. The molecule has 0 N–H and O–H groups in total. The summed E-state index contributed by atoms with van der Waals surface area (Å²) in [6.45, 7) is 1.41. The Morgan fingerprint density at radius 2 is 2.08 bits per heavy atom. The summed E-state index contributed by atoms with van der Waals surface area (Å²) in [5.41, 5.74) is 1.56. The minimum absolute atomic E-state index is 0.108. The molecule has 1 amide bonds. The third-order valence-corrected chi connectivity index (χ3v) is 5.14. The van der Waals surface area contributed by atoms with E-state index in [-0.39, 0.29) is 12.0 Å². The lowest BCUT2D eigenvalue weighted by atomic mass is 10.1. The number of aromatic nitrogens is 2. The molecule has 7 heteroatoms. The first-order valence-corrected chi connectivity index (χ1v) is 9.59. The lowest BCUT2D eigenvalue weighted by Gasteiger charge is -2.32. The highest BCUT2D eigenvalue weighted by molar-refractivity contribution is 7.99. The third kappa shape index (κ3) is 3.99. The van der Waals surface area contributed by atoms with Crippen molar-refractivity contribution in [3.8, 4) is 5.75 Å². The molecule has 0 unspecified atom stereocenters. The number of pyridine rings is 1. The predicted octanol–water partition coefficient (Wildman–Crippen LogP) is 3.38. The van der Waals surface area contributed by atoms with Gasteiger partial charge in [0.25, 0.3) is 5.22 Å². The second-order valence-electron chi connectivity index (χ2n) is 6.12. The van der Waals surface area contributed by atoms with Crippen LogP contribution in [-0.2, 0) is 4.79 Å². The predicted molar refractivity (Wildman–Crippen MR) is 99.2 cm³/mol. The molecular weight excluding hydrogens is 350 g/mol. The Labute approximate surface area is 155 Å². The van der Waals surface area contributed by atoms with Crippen LogP contribution in [0.2, 0.25) is 0 Å². The average Bonchev–Trinajstić information content (AvgIpc) is 3.10. The van der Waals surface area contributed by atoms with E-state index in [9.17, 15) is 4.79 Å². The van der Waals surface area contributed by atoms with Crippen molar-refractivity contribution in [2.24, 2.45) is 0 Å². The minimum atomic E-state index is 0.108. The summed E-state index contributed by atoms with van der Waals surface area (Å²) < 4.78 is 11.6. The highest BCUT2D eigenvalue weighted by Crippen LogP contribution is 2.24. The van der Waals surface area contributed by atoms with E-state index in [1.54, 1.807) is 12.4 Å². The van der Waals surface area contributed by atoms with Crippen LogP contribution < -0.4 is 4.74 Å². The van der Waals surface area contributed by atoms with Crippen molar-refractivity contribution < 1.29 is 13.9 Å². The normalized spacial score (nSPS) is 15.3. The van der Waals surface area contributed by atoms with Crippen molar-refractivity contribution in [3.05, 3.63) is 48.8 Å². The van der Waals surface area contributed by atoms with Gasteiger partial charge in [0, 0.05) is 32.1 Å². The largest absolute Gasteiger partial charge is 0.489 e. The molecule has 0 bridgehead atoms. The van der Waals surface area contributed by atoms with Crippen LogP contribution in [0.25, 0.3) is 11.1 Å². The summed E-state index contributed by atoms with van der Waals surface area (Å²) in [5.74, 6) is 1.22. The Kier molecular flexibility index (Phi) is 5.06. The van der Waals surface area contributed by atoms with Crippen molar-refractivity contribution in [1.82, 2.24) is 14.9 Å². The van der Waals surface area contributed by atoms with Crippen LogP contribution in [0.3, 0.4) is 0 Å². The van der Waals surface area contributed by atoms with Gasteiger partial charge in [-0.15, -0.1) is 0 Å². The number of hydrogen-bond acceptors (Lipinski definition) is 6. The third-order valence-electron chi connectivity index (χ3n) is 4.33. The van der Waals surface area contributed by atoms with E-state index < -0.39 is 0 Å². The van der Waals surface area contributed by atoms with Crippen molar-refractivity contribution in [2.45, 2.75) is 24.2 Å². The summed E-state index contributed by atoms with van der Waals surface area (Å²) >= 11 is 1.34. The van der Waals surface area contributed by atoms with Crippen LogP contribution in [0.15, 0.2) is 58.4 Å². The van der Waals surface area contributed by atoms with Crippen molar-refractivity contribution >= 4 is 28.8 Å². The SMILES string of the molecule is O=C(CSc1nc2ccccc2o1)N1CCC(Oc2cccnc2)CC1. The minimum Gasteiger partial charge on any atom is -0.489 e. The Morgan fingerprint density at radius 1 is 1.23 bits per heavy atom. The molecule has 0 spiro atoms. The maximum Gasteiger partial charge on any atom is 0.257 e. The molecule has 1 fully saturated rings. The number of carbonyl (C=O) groups excluding carboxylic acids is 1. The summed E-state index contributed by atoms with van der Waals surface area (Å²) in [5, 5.41) is 0.536. The first-order valence-electron chi connectivity index (χ1n) is 8.61. The molecular formula is C19H19N3O3S. The fourth-order valence-electron chi connectivity index (χ4n) is 2.96. The maximum atomic E-state index is 12.4. The van der Waals surface area contributed by atoms with Gasteiger partial charge >= 0.3 is 0 Å². The Bertz CT molecular complexity index is 843. The first-order chi connectivity index (χ1) is 12.8. The van der Waals surface area contributed by atoms with Gasteiger partial charge in [-0.25, -0.2) is 4.98 Å². The molecule has 1 aromatic carbocycles. The zero-order valence-corrected chi connectivity index (χ0v) is 15.0. The van der Waals surface area contributed by atoms with Crippen LogP contribution in [0.1, 0.15) is 12.8 Å². The van der Waals surface area contributed by atoms with E-state index >= 15 is 0 Å². The number of rotatable bonds is 5. The molecule has 0 saturated carbocycles. The van der Waals surface area contributed by atoms with E-state index in [1.807, 2.05) is 41.3 Å². The van der Waals surface area contributed by atoms with Gasteiger partial charge in [-0.05, 0) is 24.3 Å². The smallest absolute Gasteiger partial charge is 0.257 e. The fourth-order valence-corrected chi connectivity index (χ4v) is 3.70. The number of carbonyl (C=O) groups is 1. The maximum absolute atomic E-state index is 12.4. The van der Waals surface area contributed by atoms with Crippen molar-refractivity contribution in [3.63, 3.8) is 0 Å². The monoisotopic (exact) mass is 369 g/mol. The number of ether oxygens (including phenoxy) is 1. The van der Waals surface area contributed by atoms with Gasteiger partial charge in [0.15, 0.2) is 5.58 Å². The molecule has 0 atom stereocenters. The van der Waals surface area contributed by atoms with Crippen molar-refractivity contribution in [2.75, 3.05) is 18.8 Å². The molecule has 134 valence electrons. The number of piperidine rings is 1. The van der Waals surface area contributed by atoms with Crippen LogP contribution >= 0.6 is 11.8 Å². The van der Waals surface area contributed by atoms with Crippen LogP contribution in [0.5, 0.6) is 5.75 Å². The van der Waals surface area contributed by atoms with Crippen LogP contribution in [-0.4, -0.2) is 45.7 Å². The van der Waals surface area contributed by atoms with Gasteiger partial charge in [-0.2, -0.15) is 0 Å². The molecule has 3 heterocycles. The Hall–Kier alpha value is -2.54. The van der Waals surface area contributed by atoms with Crippen LogP contribution in [0, 0.1) is 0 Å². The van der Waals surface area contributed by atoms with E-state index in [0.29, 0.717) is 24.1 Å². The van der Waals surface area contributed by atoms with Gasteiger partial charge in [0.05, 0.1) is 11.9 Å². The number of likely N-dealkylation sites (tertiary alicyclic amines) is 1. The second kappa shape index (κ2) is 7.78. The lowest BCUT2D eigenvalue weighted by Crippen LogP contribution is -2.42. The number of fused-ring (bicyclic) bond motifs is 1. The quantitative estimate of drug-likeness (QED) is 0.642. The fraction of sp³-hybridized carbons (Fsp3) is 0.316. The molecule has 2 aromatic heterocycles.